The van der Waals surface area contributed by atoms with E-state index < -0.39 is 0 Å². The van der Waals surface area contributed by atoms with E-state index in [1.807, 2.05) is 30.4 Å². The molecule has 1 heteroatoms. The Kier molecular flexibility index (Phi) is 8.05. The molecule has 0 aliphatic rings. The standard InChI is InChI=1S/C19H25N/c1-4-7-10-13-17(6-3)19(16-8-5-2)20-18-14-11-9-12-15-18/h4,7,9-15H,1,5-6,8,16H2,2-3H3/b10-7-,17-13+,20-19?. The first kappa shape index (κ1) is 16.2. The highest BCUT2D eigenvalue weighted by Crippen LogP contribution is 2.17. The summed E-state index contributed by atoms with van der Waals surface area (Å²) >= 11 is 0. The molecule has 0 aliphatic heterocycles. The fourth-order valence-electron chi connectivity index (χ4n) is 1.96. The van der Waals surface area contributed by atoms with Gasteiger partial charge in [-0.1, -0.05) is 69.4 Å². The van der Waals surface area contributed by atoms with Crippen molar-refractivity contribution in [1.29, 1.82) is 0 Å². The van der Waals surface area contributed by atoms with Gasteiger partial charge in [-0.2, -0.15) is 0 Å². The molecular weight excluding hydrogens is 242 g/mol. The largest absolute Gasteiger partial charge is 0.253 e. The zero-order valence-electron chi connectivity index (χ0n) is 12.7. The Morgan fingerprint density at radius 2 is 1.90 bits per heavy atom. The molecule has 0 fully saturated rings. The van der Waals surface area contributed by atoms with Crippen LogP contribution < -0.4 is 0 Å². The molecule has 0 aliphatic carbocycles. The molecule has 0 unspecified atom stereocenters. The Hall–Kier alpha value is -1.89. The molecule has 1 aromatic carbocycles. The van der Waals surface area contributed by atoms with Crippen LogP contribution in [-0.4, -0.2) is 5.71 Å². The summed E-state index contributed by atoms with van der Waals surface area (Å²) in [7, 11) is 0. The van der Waals surface area contributed by atoms with Gasteiger partial charge in [0.1, 0.15) is 0 Å². The molecule has 1 aromatic rings. The highest BCUT2D eigenvalue weighted by atomic mass is 14.7. The van der Waals surface area contributed by atoms with Gasteiger partial charge in [0.25, 0.3) is 0 Å². The van der Waals surface area contributed by atoms with Gasteiger partial charge in [-0.15, -0.1) is 0 Å². The quantitative estimate of drug-likeness (QED) is 0.403. The van der Waals surface area contributed by atoms with Crippen molar-refractivity contribution in [3.05, 3.63) is 66.8 Å². The lowest BCUT2D eigenvalue weighted by atomic mass is 10.0. The average molecular weight is 267 g/mol. The van der Waals surface area contributed by atoms with Crippen LogP contribution in [0.1, 0.15) is 39.5 Å². The van der Waals surface area contributed by atoms with E-state index >= 15 is 0 Å². The van der Waals surface area contributed by atoms with E-state index in [4.69, 9.17) is 4.99 Å². The molecule has 1 nitrogen and oxygen atoms in total. The normalized spacial score (nSPS) is 12.9. The zero-order valence-corrected chi connectivity index (χ0v) is 12.7. The number of rotatable bonds is 8. The summed E-state index contributed by atoms with van der Waals surface area (Å²) in [6.45, 7) is 8.10. The number of unbranched alkanes of at least 4 members (excludes halogenated alkanes) is 1. The molecular formula is C19H25N. The second-order valence-corrected chi connectivity index (χ2v) is 4.66. The van der Waals surface area contributed by atoms with Crippen molar-refractivity contribution in [1.82, 2.24) is 0 Å². The van der Waals surface area contributed by atoms with Gasteiger partial charge >= 0.3 is 0 Å². The van der Waals surface area contributed by atoms with E-state index in [0.29, 0.717) is 0 Å². The minimum atomic E-state index is 0.997. The number of hydrogen-bond donors (Lipinski definition) is 0. The van der Waals surface area contributed by atoms with E-state index in [0.717, 1.165) is 18.5 Å². The van der Waals surface area contributed by atoms with Crippen LogP contribution in [0.15, 0.2) is 71.8 Å². The van der Waals surface area contributed by atoms with Gasteiger partial charge in [-0.3, -0.25) is 4.99 Å². The highest BCUT2D eigenvalue weighted by Gasteiger charge is 2.04. The van der Waals surface area contributed by atoms with Gasteiger partial charge in [0.2, 0.25) is 0 Å². The first-order valence-corrected chi connectivity index (χ1v) is 7.43. The number of benzene rings is 1. The molecule has 0 spiro atoms. The topological polar surface area (TPSA) is 12.4 Å². The molecule has 0 aromatic heterocycles. The lowest BCUT2D eigenvalue weighted by molar-refractivity contribution is 0.832. The maximum Gasteiger partial charge on any atom is 0.0633 e. The van der Waals surface area contributed by atoms with E-state index in [1.54, 1.807) is 6.08 Å². The fraction of sp³-hybridized carbons (Fsp3) is 0.316. The summed E-state index contributed by atoms with van der Waals surface area (Å²) in [5.41, 5.74) is 3.54. The first-order valence-electron chi connectivity index (χ1n) is 7.43. The second-order valence-electron chi connectivity index (χ2n) is 4.66. The summed E-state index contributed by atoms with van der Waals surface area (Å²) < 4.78 is 0. The zero-order chi connectivity index (χ0) is 14.6. The van der Waals surface area contributed by atoms with Crippen molar-refractivity contribution in [2.75, 3.05) is 0 Å². The smallest absolute Gasteiger partial charge is 0.0633 e. The maximum atomic E-state index is 4.83. The summed E-state index contributed by atoms with van der Waals surface area (Å²) in [6.07, 6.45) is 12.3. The molecule has 0 bridgehead atoms. The predicted octanol–water partition coefficient (Wildman–Crippen LogP) is 6.03. The minimum absolute atomic E-state index is 0.997. The van der Waals surface area contributed by atoms with Crippen LogP contribution in [-0.2, 0) is 0 Å². The molecule has 0 atom stereocenters. The van der Waals surface area contributed by atoms with Gasteiger partial charge in [0.05, 0.1) is 5.69 Å². The van der Waals surface area contributed by atoms with Crippen LogP contribution in [0.4, 0.5) is 5.69 Å². The van der Waals surface area contributed by atoms with Crippen molar-refractivity contribution < 1.29 is 0 Å². The molecule has 106 valence electrons. The Labute approximate surface area is 123 Å². The third kappa shape index (κ3) is 5.83. The Bertz CT molecular complexity index is 478. The molecule has 0 amide bonds. The van der Waals surface area contributed by atoms with Crippen molar-refractivity contribution in [2.45, 2.75) is 39.5 Å². The number of hydrogen-bond acceptors (Lipinski definition) is 1. The van der Waals surface area contributed by atoms with Gasteiger partial charge < -0.3 is 0 Å². The van der Waals surface area contributed by atoms with Crippen LogP contribution in [0.3, 0.4) is 0 Å². The lowest BCUT2D eigenvalue weighted by Gasteiger charge is -2.09. The van der Waals surface area contributed by atoms with Crippen molar-refractivity contribution in [2.24, 2.45) is 4.99 Å². The Morgan fingerprint density at radius 3 is 2.50 bits per heavy atom. The molecule has 20 heavy (non-hydrogen) atoms. The van der Waals surface area contributed by atoms with Crippen LogP contribution in [0.25, 0.3) is 0 Å². The third-order valence-corrected chi connectivity index (χ3v) is 3.08. The molecule has 0 saturated carbocycles. The molecule has 0 radical (unpaired) electrons. The van der Waals surface area contributed by atoms with Crippen LogP contribution >= 0.6 is 0 Å². The lowest BCUT2D eigenvalue weighted by Crippen LogP contribution is -2.02. The average Bonchev–Trinajstić information content (AvgIpc) is 2.49. The van der Waals surface area contributed by atoms with E-state index in [2.05, 4.69) is 38.6 Å². The third-order valence-electron chi connectivity index (χ3n) is 3.08. The molecule has 0 heterocycles. The molecule has 0 N–H and O–H groups in total. The van der Waals surface area contributed by atoms with Crippen LogP contribution in [0, 0.1) is 0 Å². The minimum Gasteiger partial charge on any atom is -0.253 e. The van der Waals surface area contributed by atoms with Gasteiger partial charge in [-0.25, -0.2) is 0 Å². The SMILES string of the molecule is C=C/C=C\C=C(/CC)C(CCCC)=Nc1ccccc1. The predicted molar refractivity (Wildman–Crippen MR) is 90.8 cm³/mol. The second kappa shape index (κ2) is 9.96. The summed E-state index contributed by atoms with van der Waals surface area (Å²) in [5.74, 6) is 0. The number of aliphatic imine (C=N–C) groups is 1. The first-order chi connectivity index (χ1) is 9.81. The Balaban J connectivity index is 3.03. The van der Waals surface area contributed by atoms with Crippen LogP contribution in [0.2, 0.25) is 0 Å². The Morgan fingerprint density at radius 1 is 1.15 bits per heavy atom. The highest BCUT2D eigenvalue weighted by molar-refractivity contribution is 6.01. The van der Waals surface area contributed by atoms with Crippen molar-refractivity contribution in [3.63, 3.8) is 0 Å². The summed E-state index contributed by atoms with van der Waals surface area (Å²) in [6, 6.07) is 10.2. The van der Waals surface area contributed by atoms with E-state index in [1.165, 1.54) is 24.1 Å². The van der Waals surface area contributed by atoms with E-state index in [-0.39, 0.29) is 0 Å². The van der Waals surface area contributed by atoms with Crippen LogP contribution in [0.5, 0.6) is 0 Å². The number of nitrogens with zero attached hydrogens (tertiary/aromatic N) is 1. The van der Waals surface area contributed by atoms with Gasteiger partial charge in [-0.05, 0) is 37.0 Å². The van der Waals surface area contributed by atoms with Gasteiger partial charge in [0, 0.05) is 5.71 Å². The number of allylic oxidation sites excluding steroid dienone is 5. The monoisotopic (exact) mass is 267 g/mol. The summed E-state index contributed by atoms with van der Waals surface area (Å²) in [5, 5.41) is 0. The van der Waals surface area contributed by atoms with Crippen molar-refractivity contribution >= 4 is 11.4 Å². The maximum absolute atomic E-state index is 4.83. The number of para-hydroxylation sites is 1. The van der Waals surface area contributed by atoms with Crippen molar-refractivity contribution in [3.8, 4) is 0 Å². The summed E-state index contributed by atoms with van der Waals surface area (Å²) in [4.78, 5) is 4.83. The molecule has 1 rings (SSSR count). The molecule has 0 saturated heterocycles. The van der Waals surface area contributed by atoms with Gasteiger partial charge in [0.15, 0.2) is 0 Å². The van der Waals surface area contributed by atoms with E-state index in [9.17, 15) is 0 Å². The fourth-order valence-corrected chi connectivity index (χ4v) is 1.96.